The number of aromatic nitrogens is 5. The fraction of sp³-hybridized carbons (Fsp3) is 0.333. The monoisotopic (exact) mass is 336 g/mol. The van der Waals surface area contributed by atoms with E-state index in [1.165, 1.54) is 0 Å². The zero-order valence-corrected chi connectivity index (χ0v) is 14.0. The van der Waals surface area contributed by atoms with Gasteiger partial charge in [0, 0.05) is 38.3 Å². The summed E-state index contributed by atoms with van der Waals surface area (Å²) in [6.07, 6.45) is 7.59. The topological polar surface area (TPSA) is 68.8 Å². The molecule has 7 heteroatoms. The van der Waals surface area contributed by atoms with Crippen molar-refractivity contribution < 1.29 is 4.79 Å². The summed E-state index contributed by atoms with van der Waals surface area (Å²) in [4.78, 5) is 18.4. The Bertz CT molecular complexity index is 840. The van der Waals surface area contributed by atoms with Crippen molar-refractivity contribution in [3.05, 3.63) is 60.4 Å². The first-order valence-corrected chi connectivity index (χ1v) is 8.53. The summed E-state index contributed by atoms with van der Waals surface area (Å²) in [5.74, 6) is 0.181. The second-order valence-corrected chi connectivity index (χ2v) is 6.20. The van der Waals surface area contributed by atoms with Gasteiger partial charge < -0.3 is 9.47 Å². The molecule has 3 heterocycles. The van der Waals surface area contributed by atoms with E-state index in [1.807, 2.05) is 50.7 Å². The third-order valence-electron chi connectivity index (χ3n) is 4.52. The van der Waals surface area contributed by atoms with Crippen molar-refractivity contribution in [2.45, 2.75) is 32.4 Å². The minimum Gasteiger partial charge on any atom is -0.337 e. The van der Waals surface area contributed by atoms with Crippen LogP contribution in [0.4, 0.5) is 0 Å². The summed E-state index contributed by atoms with van der Waals surface area (Å²) < 4.78 is 3.88. The molecule has 3 aromatic rings. The van der Waals surface area contributed by atoms with Crippen LogP contribution in [0.3, 0.4) is 0 Å². The van der Waals surface area contributed by atoms with Gasteiger partial charge in [-0.15, -0.1) is 5.10 Å². The fourth-order valence-electron chi connectivity index (χ4n) is 3.19. The van der Waals surface area contributed by atoms with E-state index >= 15 is 0 Å². The van der Waals surface area contributed by atoms with Crippen molar-refractivity contribution in [1.29, 1.82) is 0 Å². The molecular formula is C18H20N6O. The second kappa shape index (κ2) is 6.88. The third kappa shape index (κ3) is 3.31. The third-order valence-corrected chi connectivity index (χ3v) is 4.52. The largest absolute Gasteiger partial charge is 0.337 e. The standard InChI is InChI=1S/C18H20N6O/c25-18(7-4-10-22-12-9-19-14-22)23-11-8-17-16(13-23)20-21-24(17)15-5-2-1-3-6-15/h1-3,5-6,9,12,14H,4,7-8,10-11,13H2. The van der Waals surface area contributed by atoms with E-state index in [0.717, 1.165) is 43.0 Å². The lowest BCUT2D eigenvalue weighted by molar-refractivity contribution is -0.132. The van der Waals surface area contributed by atoms with Gasteiger partial charge in [0.1, 0.15) is 5.69 Å². The molecule has 1 aliphatic rings. The molecular weight excluding hydrogens is 316 g/mol. The zero-order valence-electron chi connectivity index (χ0n) is 14.0. The normalized spacial score (nSPS) is 13.7. The Morgan fingerprint density at radius 1 is 1.20 bits per heavy atom. The van der Waals surface area contributed by atoms with Gasteiger partial charge in [0.25, 0.3) is 0 Å². The summed E-state index contributed by atoms with van der Waals surface area (Å²) in [6.45, 7) is 2.08. The van der Waals surface area contributed by atoms with Gasteiger partial charge in [0.15, 0.2) is 0 Å². The number of hydrogen-bond acceptors (Lipinski definition) is 4. The molecule has 7 nitrogen and oxygen atoms in total. The van der Waals surface area contributed by atoms with Crippen LogP contribution in [-0.2, 0) is 24.3 Å². The average Bonchev–Trinajstić information content (AvgIpc) is 3.31. The van der Waals surface area contributed by atoms with Crippen LogP contribution >= 0.6 is 0 Å². The quantitative estimate of drug-likeness (QED) is 0.713. The van der Waals surface area contributed by atoms with Gasteiger partial charge in [-0.25, -0.2) is 9.67 Å². The summed E-state index contributed by atoms with van der Waals surface area (Å²) in [5.41, 5.74) is 3.02. The van der Waals surface area contributed by atoms with Gasteiger partial charge in [-0.05, 0) is 18.6 Å². The SMILES string of the molecule is O=C(CCCn1ccnc1)N1CCc2c(nnn2-c2ccccc2)C1. The molecule has 0 spiro atoms. The number of fused-ring (bicyclic) bond motifs is 1. The van der Waals surface area contributed by atoms with Crippen LogP contribution in [-0.4, -0.2) is 41.9 Å². The molecule has 0 N–H and O–H groups in total. The molecule has 1 amide bonds. The number of para-hydroxylation sites is 1. The Hall–Kier alpha value is -2.96. The smallest absolute Gasteiger partial charge is 0.223 e. The second-order valence-electron chi connectivity index (χ2n) is 6.20. The van der Waals surface area contributed by atoms with Gasteiger partial charge in [-0.3, -0.25) is 4.79 Å². The van der Waals surface area contributed by atoms with Crippen molar-refractivity contribution in [1.82, 2.24) is 29.4 Å². The molecule has 0 fully saturated rings. The number of nitrogens with zero attached hydrogens (tertiary/aromatic N) is 6. The van der Waals surface area contributed by atoms with E-state index in [-0.39, 0.29) is 5.91 Å². The number of rotatable bonds is 5. The Morgan fingerprint density at radius 2 is 2.08 bits per heavy atom. The Kier molecular flexibility index (Phi) is 4.28. The van der Waals surface area contributed by atoms with Gasteiger partial charge >= 0.3 is 0 Å². The molecule has 1 aromatic carbocycles. The number of hydrogen-bond donors (Lipinski definition) is 0. The van der Waals surface area contributed by atoms with E-state index < -0.39 is 0 Å². The first-order valence-electron chi connectivity index (χ1n) is 8.53. The summed E-state index contributed by atoms with van der Waals surface area (Å²) in [5, 5.41) is 8.57. The molecule has 0 saturated carbocycles. The van der Waals surface area contributed by atoms with Crippen molar-refractivity contribution in [3.8, 4) is 5.69 Å². The number of carbonyl (C=O) groups excluding carboxylic acids is 1. The predicted molar refractivity (Wildman–Crippen MR) is 91.9 cm³/mol. The van der Waals surface area contributed by atoms with E-state index in [9.17, 15) is 4.79 Å². The number of amides is 1. The molecule has 2 aromatic heterocycles. The maximum atomic E-state index is 12.5. The first-order chi connectivity index (χ1) is 12.3. The van der Waals surface area contributed by atoms with Gasteiger partial charge in [-0.2, -0.15) is 0 Å². The van der Waals surface area contributed by atoms with Crippen LogP contribution in [0.1, 0.15) is 24.2 Å². The molecule has 0 bridgehead atoms. The van der Waals surface area contributed by atoms with Crippen LogP contribution in [0.5, 0.6) is 0 Å². The molecule has 25 heavy (non-hydrogen) atoms. The number of benzene rings is 1. The highest BCUT2D eigenvalue weighted by Gasteiger charge is 2.25. The van der Waals surface area contributed by atoms with E-state index in [0.29, 0.717) is 13.0 Å². The predicted octanol–water partition coefficient (Wildman–Crippen LogP) is 1.83. The number of carbonyl (C=O) groups is 1. The van der Waals surface area contributed by atoms with Gasteiger partial charge in [-0.1, -0.05) is 23.4 Å². The first kappa shape index (κ1) is 15.6. The molecule has 0 radical (unpaired) electrons. The Balaban J connectivity index is 1.38. The minimum absolute atomic E-state index is 0.181. The molecule has 0 atom stereocenters. The van der Waals surface area contributed by atoms with Crippen molar-refractivity contribution in [2.24, 2.45) is 0 Å². The lowest BCUT2D eigenvalue weighted by Crippen LogP contribution is -2.36. The maximum Gasteiger partial charge on any atom is 0.223 e. The summed E-state index contributed by atoms with van der Waals surface area (Å²) >= 11 is 0. The minimum atomic E-state index is 0.181. The Labute approximate surface area is 145 Å². The van der Waals surface area contributed by atoms with E-state index in [1.54, 1.807) is 12.5 Å². The average molecular weight is 336 g/mol. The molecule has 128 valence electrons. The molecule has 4 rings (SSSR count). The highest BCUT2D eigenvalue weighted by Crippen LogP contribution is 2.20. The van der Waals surface area contributed by atoms with E-state index in [4.69, 9.17) is 0 Å². The van der Waals surface area contributed by atoms with Crippen molar-refractivity contribution in [3.63, 3.8) is 0 Å². The number of imidazole rings is 1. The highest BCUT2D eigenvalue weighted by atomic mass is 16.2. The molecule has 1 aliphatic heterocycles. The lowest BCUT2D eigenvalue weighted by atomic mass is 10.1. The van der Waals surface area contributed by atoms with Crippen LogP contribution in [0.15, 0.2) is 49.1 Å². The number of aryl methyl sites for hydroxylation is 1. The lowest BCUT2D eigenvalue weighted by Gasteiger charge is -2.26. The van der Waals surface area contributed by atoms with Gasteiger partial charge in [0.05, 0.1) is 24.3 Å². The van der Waals surface area contributed by atoms with Crippen molar-refractivity contribution >= 4 is 5.91 Å². The van der Waals surface area contributed by atoms with Crippen LogP contribution < -0.4 is 0 Å². The van der Waals surface area contributed by atoms with Crippen LogP contribution in [0.25, 0.3) is 5.69 Å². The van der Waals surface area contributed by atoms with Crippen LogP contribution in [0, 0.1) is 0 Å². The van der Waals surface area contributed by atoms with Gasteiger partial charge in [0.2, 0.25) is 5.91 Å². The molecule has 0 saturated heterocycles. The fourth-order valence-corrected chi connectivity index (χ4v) is 3.19. The molecule has 0 unspecified atom stereocenters. The van der Waals surface area contributed by atoms with Crippen molar-refractivity contribution in [2.75, 3.05) is 6.54 Å². The molecule has 0 aliphatic carbocycles. The summed E-state index contributed by atoms with van der Waals surface area (Å²) in [7, 11) is 0. The van der Waals surface area contributed by atoms with E-state index in [2.05, 4.69) is 15.3 Å². The highest BCUT2D eigenvalue weighted by molar-refractivity contribution is 5.76. The zero-order chi connectivity index (χ0) is 17.1. The summed E-state index contributed by atoms with van der Waals surface area (Å²) in [6, 6.07) is 9.99. The van der Waals surface area contributed by atoms with Crippen LogP contribution in [0.2, 0.25) is 0 Å². The maximum absolute atomic E-state index is 12.5. The Morgan fingerprint density at radius 3 is 2.88 bits per heavy atom.